The summed E-state index contributed by atoms with van der Waals surface area (Å²) in [5.41, 5.74) is 5.61. The highest BCUT2D eigenvalue weighted by Crippen LogP contribution is 2.07. The van der Waals surface area contributed by atoms with Gasteiger partial charge in [0.25, 0.3) is 0 Å². The second-order valence-electron chi connectivity index (χ2n) is 4.08. The van der Waals surface area contributed by atoms with E-state index in [1.165, 1.54) is 0 Å². The van der Waals surface area contributed by atoms with E-state index >= 15 is 0 Å². The summed E-state index contributed by atoms with van der Waals surface area (Å²) >= 11 is 0. The summed E-state index contributed by atoms with van der Waals surface area (Å²) in [5, 5.41) is 3.18. The number of rotatable bonds is 5. The molecule has 0 radical (unpaired) electrons. The van der Waals surface area contributed by atoms with Crippen LogP contribution in [-0.4, -0.2) is 20.7 Å². The highest BCUT2D eigenvalue weighted by Gasteiger charge is 2.19. The lowest BCUT2D eigenvalue weighted by molar-refractivity contribution is 0.140. The van der Waals surface area contributed by atoms with Gasteiger partial charge in [-0.2, -0.15) is 0 Å². The predicted molar refractivity (Wildman–Crippen MR) is 55.3 cm³/mol. The lowest BCUT2D eigenvalue weighted by Gasteiger charge is -2.27. The second kappa shape index (κ2) is 4.96. The van der Waals surface area contributed by atoms with Gasteiger partial charge >= 0.3 is 0 Å². The third kappa shape index (κ3) is 6.79. The number of hydrogen-bond acceptors (Lipinski definition) is 3. The predicted octanol–water partition coefficient (Wildman–Crippen LogP) is 1.47. The van der Waals surface area contributed by atoms with E-state index in [9.17, 15) is 0 Å². The molecule has 0 fully saturated rings. The van der Waals surface area contributed by atoms with Gasteiger partial charge in [0.1, 0.15) is 0 Å². The summed E-state index contributed by atoms with van der Waals surface area (Å²) in [6.45, 7) is 10.6. The molecule has 0 rings (SSSR count). The summed E-state index contributed by atoms with van der Waals surface area (Å²) in [4.78, 5) is 0. The minimum Gasteiger partial charge on any atom is -0.402 e. The van der Waals surface area contributed by atoms with Crippen LogP contribution in [0.4, 0.5) is 0 Å². The minimum absolute atomic E-state index is 0.00583. The Bertz CT molecular complexity index is 123. The van der Waals surface area contributed by atoms with Crippen LogP contribution in [0.5, 0.6) is 0 Å². The van der Waals surface area contributed by atoms with Crippen molar-refractivity contribution in [3.63, 3.8) is 0 Å². The van der Waals surface area contributed by atoms with Crippen LogP contribution in [0.15, 0.2) is 0 Å². The first kappa shape index (κ1) is 12.1. The van der Waals surface area contributed by atoms with Crippen molar-refractivity contribution in [2.45, 2.75) is 52.3 Å². The van der Waals surface area contributed by atoms with Crippen molar-refractivity contribution in [1.82, 2.24) is 5.32 Å². The van der Waals surface area contributed by atoms with Crippen molar-refractivity contribution in [3.05, 3.63) is 0 Å². The molecule has 4 heteroatoms. The molecule has 0 aromatic carbocycles. The Kier molecular flexibility index (Phi) is 5.00. The van der Waals surface area contributed by atoms with E-state index in [2.05, 4.69) is 31.9 Å². The molecule has 0 aliphatic rings. The highest BCUT2D eigenvalue weighted by atomic mass is 28.4. The first-order valence-electron chi connectivity index (χ1n) is 4.54. The maximum Gasteiger partial charge on any atom is 0.185 e. The van der Waals surface area contributed by atoms with E-state index in [0.717, 1.165) is 6.42 Å². The van der Waals surface area contributed by atoms with Gasteiger partial charge in [-0.1, -0.05) is 6.92 Å². The zero-order valence-corrected chi connectivity index (χ0v) is 9.85. The number of nitrogens with one attached hydrogen (secondary N) is 1. The zero-order chi connectivity index (χ0) is 9.78. The Morgan fingerprint density at radius 3 is 2.17 bits per heavy atom. The van der Waals surface area contributed by atoms with Gasteiger partial charge in [0.15, 0.2) is 8.32 Å². The topological polar surface area (TPSA) is 47.3 Å². The molecular weight excluding hydrogens is 168 g/mol. The zero-order valence-electron chi connectivity index (χ0n) is 8.85. The molecule has 3 N–H and O–H groups in total. The molecule has 2 atom stereocenters. The van der Waals surface area contributed by atoms with Crippen LogP contribution in [-0.2, 0) is 4.43 Å². The summed E-state index contributed by atoms with van der Waals surface area (Å²) < 4.78 is 5.85. The molecule has 12 heavy (non-hydrogen) atoms. The fourth-order valence-corrected chi connectivity index (χ4v) is 2.04. The van der Waals surface area contributed by atoms with Crippen LogP contribution in [0.25, 0.3) is 0 Å². The van der Waals surface area contributed by atoms with Gasteiger partial charge in [0.05, 0.1) is 12.4 Å². The van der Waals surface area contributed by atoms with Crippen molar-refractivity contribution in [3.8, 4) is 0 Å². The SMILES string of the molecule is CCC(NC(C)N)O[Si](C)(C)C. The van der Waals surface area contributed by atoms with Crippen LogP contribution in [0.2, 0.25) is 19.6 Å². The second-order valence-corrected chi connectivity index (χ2v) is 8.54. The average Bonchev–Trinajstić information content (AvgIpc) is 1.82. The van der Waals surface area contributed by atoms with E-state index in [-0.39, 0.29) is 12.4 Å². The first-order chi connectivity index (χ1) is 5.35. The van der Waals surface area contributed by atoms with Crippen molar-refractivity contribution in [2.75, 3.05) is 0 Å². The van der Waals surface area contributed by atoms with Gasteiger partial charge in [-0.3, -0.25) is 5.32 Å². The molecule has 0 heterocycles. The van der Waals surface area contributed by atoms with Gasteiger partial charge in [-0.15, -0.1) is 0 Å². The molecule has 3 nitrogen and oxygen atoms in total. The average molecular weight is 190 g/mol. The van der Waals surface area contributed by atoms with Crippen LogP contribution < -0.4 is 11.1 Å². The minimum atomic E-state index is -1.43. The molecular formula is C8H22N2OSi. The van der Waals surface area contributed by atoms with Crippen LogP contribution >= 0.6 is 0 Å². The smallest absolute Gasteiger partial charge is 0.185 e. The third-order valence-electron chi connectivity index (χ3n) is 1.32. The summed E-state index contributed by atoms with van der Waals surface area (Å²) in [6.07, 6.45) is 1.09. The molecule has 74 valence electrons. The number of hydrogen-bond donors (Lipinski definition) is 2. The lowest BCUT2D eigenvalue weighted by atomic mass is 10.4. The van der Waals surface area contributed by atoms with Crippen LogP contribution in [0.3, 0.4) is 0 Å². The molecule has 0 spiro atoms. The van der Waals surface area contributed by atoms with Crippen LogP contribution in [0.1, 0.15) is 20.3 Å². The van der Waals surface area contributed by atoms with E-state index in [4.69, 9.17) is 10.2 Å². The van der Waals surface area contributed by atoms with E-state index in [1.54, 1.807) is 0 Å². The summed E-state index contributed by atoms with van der Waals surface area (Å²) in [5.74, 6) is 0. The van der Waals surface area contributed by atoms with E-state index < -0.39 is 8.32 Å². The highest BCUT2D eigenvalue weighted by molar-refractivity contribution is 6.69. The molecule has 0 saturated carbocycles. The maximum atomic E-state index is 5.85. The van der Waals surface area contributed by atoms with Crippen molar-refractivity contribution in [2.24, 2.45) is 5.73 Å². The Hall–Kier alpha value is 0.0969. The number of nitrogens with two attached hydrogens (primary N) is 1. The van der Waals surface area contributed by atoms with Crippen molar-refractivity contribution < 1.29 is 4.43 Å². The maximum absolute atomic E-state index is 5.85. The molecule has 0 aromatic rings. The molecule has 0 saturated heterocycles. The standard InChI is InChI=1S/C8H22N2OSi/c1-6-8(10-7(2)9)11-12(3,4)5/h7-8,10H,6,9H2,1-5H3. The molecule has 0 amide bonds. The molecule has 2 unspecified atom stereocenters. The van der Waals surface area contributed by atoms with Crippen molar-refractivity contribution in [1.29, 1.82) is 0 Å². The Labute approximate surface area is 76.8 Å². The van der Waals surface area contributed by atoms with E-state index in [1.807, 2.05) is 6.92 Å². The fourth-order valence-electron chi connectivity index (χ4n) is 0.955. The third-order valence-corrected chi connectivity index (χ3v) is 2.31. The summed E-state index contributed by atoms with van der Waals surface area (Å²) in [6, 6.07) is 0. The van der Waals surface area contributed by atoms with Gasteiger partial charge < -0.3 is 10.2 Å². The Balaban J connectivity index is 3.83. The van der Waals surface area contributed by atoms with Gasteiger partial charge in [-0.25, -0.2) is 0 Å². The molecule has 0 bridgehead atoms. The Morgan fingerprint density at radius 1 is 1.42 bits per heavy atom. The lowest BCUT2D eigenvalue weighted by Crippen LogP contribution is -2.47. The Morgan fingerprint density at radius 2 is 1.92 bits per heavy atom. The normalized spacial score (nSPS) is 17.5. The van der Waals surface area contributed by atoms with Crippen molar-refractivity contribution >= 4 is 8.32 Å². The largest absolute Gasteiger partial charge is 0.402 e. The monoisotopic (exact) mass is 190 g/mol. The summed E-state index contributed by atoms with van der Waals surface area (Å²) in [7, 11) is -1.43. The van der Waals surface area contributed by atoms with Crippen LogP contribution in [0, 0.1) is 0 Å². The first-order valence-corrected chi connectivity index (χ1v) is 7.95. The quantitative estimate of drug-likeness (QED) is 0.510. The molecule has 0 aromatic heterocycles. The fraction of sp³-hybridized carbons (Fsp3) is 1.00. The van der Waals surface area contributed by atoms with E-state index in [0.29, 0.717) is 0 Å². The van der Waals surface area contributed by atoms with Gasteiger partial charge in [-0.05, 0) is 33.0 Å². The van der Waals surface area contributed by atoms with Gasteiger partial charge in [0.2, 0.25) is 0 Å². The molecule has 0 aliphatic heterocycles. The molecule has 0 aliphatic carbocycles. The van der Waals surface area contributed by atoms with Gasteiger partial charge in [0, 0.05) is 0 Å².